The molecule has 2 aromatic carbocycles. The zero-order valence-corrected chi connectivity index (χ0v) is 32.5. The molecular formula is C32H36N6O14S3. The second-order valence-corrected chi connectivity index (χ2v) is 16.5. The molecule has 20 nitrogen and oxygen atoms in total. The van der Waals surface area contributed by atoms with Crippen LogP contribution in [-0.2, 0) is 54.7 Å². The van der Waals surface area contributed by atoms with Crippen molar-refractivity contribution in [2.45, 2.75) is 62.1 Å². The van der Waals surface area contributed by atoms with Gasteiger partial charge in [0, 0.05) is 36.3 Å². The Bertz CT molecular complexity index is 2530. The van der Waals surface area contributed by atoms with Crippen LogP contribution in [0.25, 0.3) is 0 Å². The average Bonchev–Trinajstić information content (AvgIpc) is 3.11. The predicted octanol–water partition coefficient (Wildman–Crippen LogP) is 4.53. The highest BCUT2D eigenvalue weighted by molar-refractivity contribution is 7.91. The molecule has 23 heteroatoms. The first kappa shape index (κ1) is 42.3. The van der Waals surface area contributed by atoms with Gasteiger partial charge in [-0.15, -0.1) is 20.5 Å². The van der Waals surface area contributed by atoms with Gasteiger partial charge in [0.15, 0.2) is 23.1 Å². The molecule has 296 valence electrons. The summed E-state index contributed by atoms with van der Waals surface area (Å²) in [6.45, 7) is 5.50. The quantitative estimate of drug-likeness (QED) is 0.100. The van der Waals surface area contributed by atoms with Crippen molar-refractivity contribution in [2.24, 2.45) is 20.5 Å². The van der Waals surface area contributed by atoms with Crippen LogP contribution in [0.15, 0.2) is 76.2 Å². The van der Waals surface area contributed by atoms with Gasteiger partial charge in [0.05, 0.1) is 24.0 Å². The van der Waals surface area contributed by atoms with Gasteiger partial charge >= 0.3 is 0 Å². The third-order valence-electron chi connectivity index (χ3n) is 8.29. The van der Waals surface area contributed by atoms with E-state index in [-0.39, 0.29) is 79.4 Å². The van der Waals surface area contributed by atoms with Crippen LogP contribution in [0.5, 0.6) is 23.3 Å². The number of hydrogen-bond acceptors (Lipinski definition) is 16. The lowest BCUT2D eigenvalue weighted by Crippen LogP contribution is -2.22. The fraction of sp³-hybridized carbons (Fsp3) is 0.312. The van der Waals surface area contributed by atoms with Crippen LogP contribution in [0.3, 0.4) is 0 Å². The minimum atomic E-state index is -4.62. The molecule has 2 heterocycles. The first-order valence-corrected chi connectivity index (χ1v) is 20.6. The molecule has 0 saturated heterocycles. The van der Waals surface area contributed by atoms with Crippen LogP contribution in [0.1, 0.15) is 36.1 Å². The number of azo groups is 2. The minimum absolute atomic E-state index is 0.0348. The molecule has 0 aliphatic carbocycles. The molecule has 0 bridgehead atoms. The van der Waals surface area contributed by atoms with E-state index in [9.17, 15) is 54.2 Å². The van der Waals surface area contributed by atoms with Crippen molar-refractivity contribution in [1.82, 2.24) is 9.13 Å². The van der Waals surface area contributed by atoms with Gasteiger partial charge in [0.2, 0.25) is 9.84 Å². The van der Waals surface area contributed by atoms with Crippen molar-refractivity contribution >= 4 is 52.8 Å². The number of rotatable bonds is 14. The van der Waals surface area contributed by atoms with Crippen LogP contribution in [0.2, 0.25) is 0 Å². The normalized spacial score (nSPS) is 12.5. The van der Waals surface area contributed by atoms with Gasteiger partial charge in [-0.05, 0) is 63.1 Å². The van der Waals surface area contributed by atoms with E-state index in [1.165, 1.54) is 66.2 Å². The van der Waals surface area contributed by atoms with Crippen molar-refractivity contribution in [3.63, 3.8) is 0 Å². The summed E-state index contributed by atoms with van der Waals surface area (Å²) in [7, 11) is -11.1. The van der Waals surface area contributed by atoms with E-state index in [2.05, 4.69) is 20.5 Å². The molecule has 0 fully saturated rings. The van der Waals surface area contributed by atoms with Gasteiger partial charge in [-0.2, -0.15) is 16.8 Å². The van der Waals surface area contributed by atoms with Gasteiger partial charge < -0.3 is 19.7 Å². The number of hydrogen-bond donors (Lipinski definition) is 4. The lowest BCUT2D eigenvalue weighted by Gasteiger charge is -2.14. The Kier molecular flexibility index (Phi) is 12.4. The Hall–Kier alpha value is -5.49. The summed E-state index contributed by atoms with van der Waals surface area (Å²) in [6, 6.07) is 7.11. The van der Waals surface area contributed by atoms with Crippen molar-refractivity contribution in [3.05, 3.63) is 79.4 Å². The third-order valence-corrected chi connectivity index (χ3v) is 11.3. The largest absolute Gasteiger partial charge is 0.494 e. The predicted molar refractivity (Wildman–Crippen MR) is 196 cm³/mol. The Labute approximate surface area is 314 Å². The maximum atomic E-state index is 13.7. The Morgan fingerprint density at radius 1 is 0.618 bits per heavy atom. The van der Waals surface area contributed by atoms with E-state index in [1.807, 2.05) is 0 Å². The molecule has 0 radical (unpaired) electrons. The minimum Gasteiger partial charge on any atom is -0.494 e. The Morgan fingerprint density at radius 3 is 1.25 bits per heavy atom. The lowest BCUT2D eigenvalue weighted by molar-refractivity contribution is 0.403. The zero-order chi connectivity index (χ0) is 41.2. The lowest BCUT2D eigenvalue weighted by atomic mass is 10.1. The molecule has 0 atom stereocenters. The number of aromatic nitrogens is 2. The molecule has 4 rings (SSSR count). The second kappa shape index (κ2) is 16.1. The van der Waals surface area contributed by atoms with Crippen molar-refractivity contribution in [1.29, 1.82) is 0 Å². The van der Waals surface area contributed by atoms with Crippen molar-refractivity contribution < 1.29 is 54.0 Å². The average molecular weight is 825 g/mol. The summed E-state index contributed by atoms with van der Waals surface area (Å²) in [5.74, 6) is -3.52. The number of nitrogens with zero attached hydrogens (tertiary/aromatic N) is 6. The van der Waals surface area contributed by atoms with Gasteiger partial charge in [-0.3, -0.25) is 27.8 Å². The van der Waals surface area contributed by atoms with Crippen LogP contribution in [-0.4, -0.2) is 67.9 Å². The maximum absolute atomic E-state index is 13.7. The summed E-state index contributed by atoms with van der Waals surface area (Å²) >= 11 is 0. The standard InChI is InChI=1S/C32H36N6O14S3/c1-7-37-29(39)21(15-53(43,44)45)17(3)27(31(37)41)35-33-23-11-9-19(13-25(23)51-5)55(49,50)20-10-12-24(26(14-20)52-6)34-36-28-18(4)22(16-54(46,47)48)30(40)38(8-2)32(28)42/h9-14,39-40H,7-8,15-16H2,1-6H3,(H,43,44,45)(H,46,47,48). The topological polar surface area (TPSA) is 295 Å². The molecule has 0 unspecified atom stereocenters. The fourth-order valence-electron chi connectivity index (χ4n) is 5.41. The maximum Gasteiger partial charge on any atom is 0.281 e. The summed E-state index contributed by atoms with van der Waals surface area (Å²) in [5.41, 5.74) is -3.07. The fourth-order valence-corrected chi connectivity index (χ4v) is 8.12. The second-order valence-electron chi connectivity index (χ2n) is 11.7. The van der Waals surface area contributed by atoms with Gasteiger partial charge in [-0.25, -0.2) is 8.42 Å². The smallest absolute Gasteiger partial charge is 0.281 e. The highest BCUT2D eigenvalue weighted by atomic mass is 32.2. The van der Waals surface area contributed by atoms with E-state index in [0.29, 0.717) is 0 Å². The van der Waals surface area contributed by atoms with Crippen LogP contribution in [0.4, 0.5) is 22.7 Å². The molecule has 4 N–H and O–H groups in total. The molecule has 0 spiro atoms. The van der Waals surface area contributed by atoms with E-state index in [1.54, 1.807) is 0 Å². The van der Waals surface area contributed by atoms with E-state index in [4.69, 9.17) is 9.47 Å². The number of aromatic hydroxyl groups is 2. The number of benzene rings is 2. The van der Waals surface area contributed by atoms with Crippen molar-refractivity contribution in [2.75, 3.05) is 14.2 Å². The monoisotopic (exact) mass is 824 g/mol. The van der Waals surface area contributed by atoms with E-state index in [0.717, 1.165) is 21.3 Å². The molecule has 55 heavy (non-hydrogen) atoms. The molecule has 0 amide bonds. The van der Waals surface area contributed by atoms with E-state index < -0.39 is 64.5 Å². The summed E-state index contributed by atoms with van der Waals surface area (Å²) < 4.78 is 105. The third kappa shape index (κ3) is 8.91. The van der Waals surface area contributed by atoms with Gasteiger partial charge in [0.1, 0.15) is 34.4 Å². The van der Waals surface area contributed by atoms with Gasteiger partial charge in [-0.1, -0.05) is 0 Å². The first-order chi connectivity index (χ1) is 25.6. The molecular weight excluding hydrogens is 789 g/mol. The highest BCUT2D eigenvalue weighted by Crippen LogP contribution is 2.38. The van der Waals surface area contributed by atoms with Gasteiger partial charge in [0.25, 0.3) is 31.4 Å². The summed E-state index contributed by atoms with van der Waals surface area (Å²) in [6.07, 6.45) is 0. The van der Waals surface area contributed by atoms with Crippen LogP contribution >= 0.6 is 0 Å². The number of sulfone groups is 1. The first-order valence-electron chi connectivity index (χ1n) is 15.8. The molecule has 0 aliphatic heterocycles. The summed E-state index contributed by atoms with van der Waals surface area (Å²) in [5, 5.41) is 36.9. The summed E-state index contributed by atoms with van der Waals surface area (Å²) in [4.78, 5) is 25.6. The SMILES string of the molecule is CCn1c(O)c(CS(=O)(=O)O)c(C)c(N=Nc2ccc(S(=O)(=O)c3ccc(N=Nc4c(C)c(CS(=O)(=O)O)c(O)n(CC)c4=O)c(OC)c3)cc2OC)c1=O. The molecule has 0 aliphatic rings. The zero-order valence-electron chi connectivity index (χ0n) is 30.1. The number of methoxy groups -OCH3 is 2. The molecule has 4 aromatic rings. The Balaban J connectivity index is 1.73. The number of pyridine rings is 2. The van der Waals surface area contributed by atoms with Crippen LogP contribution < -0.4 is 20.6 Å². The number of ether oxygens (including phenoxy) is 2. The Morgan fingerprint density at radius 2 is 0.964 bits per heavy atom. The molecule has 2 aromatic heterocycles. The van der Waals surface area contributed by atoms with Crippen LogP contribution in [0, 0.1) is 13.8 Å². The van der Waals surface area contributed by atoms with E-state index >= 15 is 0 Å². The molecule has 0 saturated carbocycles. The highest BCUT2D eigenvalue weighted by Gasteiger charge is 2.25. The van der Waals surface area contributed by atoms with Crippen molar-refractivity contribution in [3.8, 4) is 23.3 Å².